The zero-order chi connectivity index (χ0) is 11.7. The van der Waals surface area contributed by atoms with Gasteiger partial charge in [-0.2, -0.15) is 0 Å². The number of nitrogens with zero attached hydrogens (tertiary/aromatic N) is 1. The van der Waals surface area contributed by atoms with Gasteiger partial charge in [0.25, 0.3) is 0 Å². The number of benzene rings is 1. The van der Waals surface area contributed by atoms with Crippen molar-refractivity contribution in [1.29, 1.82) is 0 Å². The van der Waals surface area contributed by atoms with E-state index in [1.165, 1.54) is 36.0 Å². The molecule has 0 saturated heterocycles. The van der Waals surface area contributed by atoms with Gasteiger partial charge in [0.1, 0.15) is 0 Å². The predicted octanol–water partition coefficient (Wildman–Crippen LogP) is 3.85. The van der Waals surface area contributed by atoms with Gasteiger partial charge in [-0.15, -0.1) is 11.8 Å². The molecule has 2 aromatic rings. The summed E-state index contributed by atoms with van der Waals surface area (Å²) in [6, 6.07) is 8.13. The molecule has 3 heteroatoms. The number of rotatable bonds is 2. The Morgan fingerprint density at radius 1 is 1.18 bits per heavy atom. The second kappa shape index (κ2) is 4.57. The molecule has 1 heterocycles. The van der Waals surface area contributed by atoms with E-state index in [0.717, 1.165) is 16.5 Å². The van der Waals surface area contributed by atoms with Crippen molar-refractivity contribution in [3.63, 3.8) is 0 Å². The van der Waals surface area contributed by atoms with E-state index in [0.29, 0.717) is 0 Å². The molecule has 3 rings (SSSR count). The Hall–Kier alpha value is -1.22. The maximum absolute atomic E-state index is 5.79. The highest BCUT2D eigenvalue weighted by molar-refractivity contribution is 8.00. The number of nitrogen functional groups attached to an aromatic ring is 1. The molecule has 0 aliphatic heterocycles. The summed E-state index contributed by atoms with van der Waals surface area (Å²) in [7, 11) is 0. The van der Waals surface area contributed by atoms with Gasteiger partial charge in [0.15, 0.2) is 0 Å². The van der Waals surface area contributed by atoms with Gasteiger partial charge in [0.05, 0.1) is 5.52 Å². The standard InChI is InChI=1S/C14H16N2S/c15-10-5-6-12-13(9-10)16-8-7-14(12)17-11-3-1-2-4-11/h5-9,11H,1-4,15H2. The maximum Gasteiger partial charge on any atom is 0.0733 e. The Morgan fingerprint density at radius 2 is 2.00 bits per heavy atom. The Bertz CT molecular complexity index is 533. The molecule has 1 fully saturated rings. The van der Waals surface area contributed by atoms with Crippen molar-refractivity contribution in [3.05, 3.63) is 30.5 Å². The summed E-state index contributed by atoms with van der Waals surface area (Å²) < 4.78 is 0. The molecule has 0 spiro atoms. The van der Waals surface area contributed by atoms with E-state index >= 15 is 0 Å². The first kappa shape index (κ1) is 10.9. The summed E-state index contributed by atoms with van der Waals surface area (Å²) in [4.78, 5) is 5.73. The average Bonchev–Trinajstić information content (AvgIpc) is 2.82. The van der Waals surface area contributed by atoms with Gasteiger partial charge < -0.3 is 5.73 Å². The zero-order valence-corrected chi connectivity index (χ0v) is 10.5. The first-order valence-corrected chi connectivity index (χ1v) is 7.02. The number of hydrogen-bond donors (Lipinski definition) is 1. The van der Waals surface area contributed by atoms with Crippen LogP contribution >= 0.6 is 11.8 Å². The summed E-state index contributed by atoms with van der Waals surface area (Å²) in [5.74, 6) is 0. The van der Waals surface area contributed by atoms with E-state index < -0.39 is 0 Å². The van der Waals surface area contributed by atoms with Gasteiger partial charge >= 0.3 is 0 Å². The van der Waals surface area contributed by atoms with Crippen LogP contribution in [0.4, 0.5) is 5.69 Å². The minimum absolute atomic E-state index is 0.785. The summed E-state index contributed by atoms with van der Waals surface area (Å²) in [6.07, 6.45) is 7.35. The molecule has 0 amide bonds. The van der Waals surface area contributed by atoms with Crippen molar-refractivity contribution in [1.82, 2.24) is 4.98 Å². The van der Waals surface area contributed by atoms with Crippen molar-refractivity contribution in [2.45, 2.75) is 35.8 Å². The molecule has 1 aromatic carbocycles. The molecular weight excluding hydrogens is 228 g/mol. The number of hydrogen-bond acceptors (Lipinski definition) is 3. The fraction of sp³-hybridized carbons (Fsp3) is 0.357. The summed E-state index contributed by atoms with van der Waals surface area (Å²) in [5.41, 5.74) is 7.58. The molecule has 88 valence electrons. The van der Waals surface area contributed by atoms with Crippen LogP contribution in [0.2, 0.25) is 0 Å². The number of thioether (sulfide) groups is 1. The third-order valence-corrected chi connectivity index (χ3v) is 4.74. The second-order valence-electron chi connectivity index (χ2n) is 4.61. The van der Waals surface area contributed by atoms with E-state index in [4.69, 9.17) is 5.73 Å². The van der Waals surface area contributed by atoms with Crippen LogP contribution in [0.25, 0.3) is 10.9 Å². The molecule has 0 atom stereocenters. The van der Waals surface area contributed by atoms with Gasteiger partial charge in [-0.05, 0) is 37.1 Å². The van der Waals surface area contributed by atoms with Crippen LogP contribution in [-0.4, -0.2) is 10.2 Å². The van der Waals surface area contributed by atoms with Gasteiger partial charge in [-0.3, -0.25) is 4.98 Å². The first-order valence-electron chi connectivity index (χ1n) is 6.14. The number of pyridine rings is 1. The Morgan fingerprint density at radius 3 is 2.82 bits per heavy atom. The van der Waals surface area contributed by atoms with Gasteiger partial charge in [0.2, 0.25) is 0 Å². The lowest BCUT2D eigenvalue weighted by Crippen LogP contribution is -1.94. The van der Waals surface area contributed by atoms with Gasteiger partial charge in [0, 0.05) is 27.4 Å². The van der Waals surface area contributed by atoms with Crippen LogP contribution in [0.5, 0.6) is 0 Å². The minimum atomic E-state index is 0.785. The lowest BCUT2D eigenvalue weighted by atomic mass is 10.2. The maximum atomic E-state index is 5.79. The van der Waals surface area contributed by atoms with Crippen LogP contribution in [0, 0.1) is 0 Å². The molecule has 1 aliphatic carbocycles. The topological polar surface area (TPSA) is 38.9 Å². The summed E-state index contributed by atoms with van der Waals surface area (Å²) in [6.45, 7) is 0. The van der Waals surface area contributed by atoms with Gasteiger partial charge in [-0.1, -0.05) is 12.8 Å². The molecule has 2 N–H and O–H groups in total. The predicted molar refractivity (Wildman–Crippen MR) is 74.3 cm³/mol. The minimum Gasteiger partial charge on any atom is -0.399 e. The van der Waals surface area contributed by atoms with E-state index in [-0.39, 0.29) is 0 Å². The number of anilines is 1. The van der Waals surface area contributed by atoms with E-state index in [2.05, 4.69) is 17.1 Å². The fourth-order valence-corrected chi connectivity index (χ4v) is 3.79. The Kier molecular flexibility index (Phi) is 2.93. The Balaban J connectivity index is 1.97. The molecule has 0 unspecified atom stereocenters. The lowest BCUT2D eigenvalue weighted by molar-refractivity contribution is 0.886. The van der Waals surface area contributed by atoms with Crippen molar-refractivity contribution in [3.8, 4) is 0 Å². The molecular formula is C14H16N2S. The largest absolute Gasteiger partial charge is 0.399 e. The van der Waals surface area contributed by atoms with E-state index in [1.807, 2.05) is 30.1 Å². The van der Waals surface area contributed by atoms with Crippen molar-refractivity contribution < 1.29 is 0 Å². The average molecular weight is 244 g/mol. The molecule has 2 nitrogen and oxygen atoms in total. The van der Waals surface area contributed by atoms with Crippen molar-refractivity contribution in [2.75, 3.05) is 5.73 Å². The highest BCUT2D eigenvalue weighted by Crippen LogP contribution is 2.37. The monoisotopic (exact) mass is 244 g/mol. The third-order valence-electron chi connectivity index (χ3n) is 3.32. The third kappa shape index (κ3) is 2.25. The molecule has 1 saturated carbocycles. The van der Waals surface area contributed by atoms with Crippen molar-refractivity contribution in [2.24, 2.45) is 0 Å². The molecule has 17 heavy (non-hydrogen) atoms. The van der Waals surface area contributed by atoms with Crippen LogP contribution < -0.4 is 5.73 Å². The Labute approximate surface area is 106 Å². The number of fused-ring (bicyclic) bond motifs is 1. The van der Waals surface area contributed by atoms with Gasteiger partial charge in [-0.25, -0.2) is 0 Å². The first-order chi connectivity index (χ1) is 8.33. The molecule has 1 aliphatic rings. The highest BCUT2D eigenvalue weighted by atomic mass is 32.2. The SMILES string of the molecule is Nc1ccc2c(SC3CCCC3)ccnc2c1. The zero-order valence-electron chi connectivity index (χ0n) is 9.73. The summed E-state index contributed by atoms with van der Waals surface area (Å²) in [5, 5.41) is 2.02. The van der Waals surface area contributed by atoms with E-state index in [9.17, 15) is 0 Å². The normalized spacial score (nSPS) is 16.7. The quantitative estimate of drug-likeness (QED) is 0.815. The van der Waals surface area contributed by atoms with Crippen molar-refractivity contribution >= 4 is 28.4 Å². The van der Waals surface area contributed by atoms with Crippen LogP contribution in [-0.2, 0) is 0 Å². The number of nitrogens with two attached hydrogens (primary N) is 1. The van der Waals surface area contributed by atoms with Crippen LogP contribution in [0.15, 0.2) is 35.4 Å². The summed E-state index contributed by atoms with van der Waals surface area (Å²) >= 11 is 2.01. The molecule has 0 bridgehead atoms. The molecule has 0 radical (unpaired) electrons. The van der Waals surface area contributed by atoms with E-state index in [1.54, 1.807) is 0 Å². The molecule has 1 aromatic heterocycles. The smallest absolute Gasteiger partial charge is 0.0733 e. The second-order valence-corrected chi connectivity index (χ2v) is 5.95. The van der Waals surface area contributed by atoms with Crippen LogP contribution in [0.3, 0.4) is 0 Å². The number of aromatic nitrogens is 1. The fourth-order valence-electron chi connectivity index (χ4n) is 2.43. The highest BCUT2D eigenvalue weighted by Gasteiger charge is 2.17. The van der Waals surface area contributed by atoms with Crippen LogP contribution in [0.1, 0.15) is 25.7 Å². The lowest BCUT2D eigenvalue weighted by Gasteiger charge is -2.11.